The topological polar surface area (TPSA) is 50.2 Å². The number of urea groups is 1. The van der Waals surface area contributed by atoms with E-state index in [1.165, 1.54) is 4.90 Å². The Labute approximate surface area is 111 Å². The van der Waals surface area contributed by atoms with Crippen molar-refractivity contribution in [1.29, 1.82) is 0 Å². The third-order valence-corrected chi connectivity index (χ3v) is 3.74. The van der Waals surface area contributed by atoms with Crippen molar-refractivity contribution in [2.45, 2.75) is 5.33 Å². The van der Waals surface area contributed by atoms with Crippen molar-refractivity contribution in [3.63, 3.8) is 0 Å². The Morgan fingerprint density at radius 3 is 2.89 bits per heavy atom. The van der Waals surface area contributed by atoms with Crippen LogP contribution in [0.25, 0.3) is 10.9 Å². The molecule has 0 unspecified atom stereocenters. The minimum atomic E-state index is -0.407. The van der Waals surface area contributed by atoms with Gasteiger partial charge in [-0.05, 0) is 6.07 Å². The number of amides is 2. The van der Waals surface area contributed by atoms with Crippen molar-refractivity contribution in [2.24, 2.45) is 7.05 Å². The first-order valence-corrected chi connectivity index (χ1v) is 6.45. The van der Waals surface area contributed by atoms with Crippen molar-refractivity contribution in [3.05, 3.63) is 17.4 Å². The van der Waals surface area contributed by atoms with Crippen LogP contribution in [0.1, 0.15) is 5.56 Å². The molecular weight excluding hydrogens is 303 g/mol. The molecule has 1 aromatic carbocycles. The summed E-state index contributed by atoms with van der Waals surface area (Å²) < 4.78 is 15.9. The van der Waals surface area contributed by atoms with E-state index < -0.39 is 5.82 Å². The van der Waals surface area contributed by atoms with E-state index in [1.54, 1.807) is 24.8 Å². The van der Waals surface area contributed by atoms with Gasteiger partial charge in [-0.25, -0.2) is 9.18 Å². The number of benzene rings is 1. The molecule has 0 spiro atoms. The van der Waals surface area contributed by atoms with Crippen molar-refractivity contribution < 1.29 is 9.18 Å². The summed E-state index contributed by atoms with van der Waals surface area (Å²) in [6, 6.07) is 1.36. The number of aromatic nitrogens is 2. The quantitative estimate of drug-likeness (QED) is 0.823. The number of nitrogens with one attached hydrogen (secondary N) is 1. The fourth-order valence-corrected chi connectivity index (χ4v) is 2.57. The first-order valence-electron chi connectivity index (χ1n) is 5.33. The number of carbonyl (C=O) groups is 1. The fraction of sp³-hybridized carbons (Fsp3) is 0.273. The zero-order valence-electron chi connectivity index (χ0n) is 9.79. The molecule has 2 aromatic rings. The van der Waals surface area contributed by atoms with Crippen molar-refractivity contribution in [1.82, 2.24) is 9.78 Å². The second-order valence-electron chi connectivity index (χ2n) is 4.19. The molecular formula is C11H10BrFN4O. The lowest BCUT2D eigenvalue weighted by atomic mass is 10.1. The molecule has 1 aliphatic heterocycles. The van der Waals surface area contributed by atoms with Gasteiger partial charge in [-0.2, -0.15) is 5.10 Å². The van der Waals surface area contributed by atoms with Crippen LogP contribution in [0.3, 0.4) is 0 Å². The summed E-state index contributed by atoms with van der Waals surface area (Å²) in [7, 11) is 3.38. The molecule has 1 aromatic heterocycles. The first kappa shape index (κ1) is 11.5. The van der Waals surface area contributed by atoms with Gasteiger partial charge in [0, 0.05) is 25.0 Å². The van der Waals surface area contributed by atoms with Gasteiger partial charge in [0.05, 0.1) is 16.6 Å². The number of aryl methyl sites for hydroxylation is 1. The lowest BCUT2D eigenvalue weighted by Gasteiger charge is -2.22. The van der Waals surface area contributed by atoms with Gasteiger partial charge in [0.15, 0.2) is 11.6 Å². The summed E-state index contributed by atoms with van der Waals surface area (Å²) in [6.45, 7) is 0. The van der Waals surface area contributed by atoms with Gasteiger partial charge in [0.1, 0.15) is 0 Å². The summed E-state index contributed by atoms with van der Waals surface area (Å²) in [5, 5.41) is 7.86. The van der Waals surface area contributed by atoms with Crippen LogP contribution in [-0.4, -0.2) is 22.9 Å². The van der Waals surface area contributed by atoms with E-state index in [0.717, 1.165) is 5.52 Å². The van der Waals surface area contributed by atoms with E-state index in [4.69, 9.17) is 0 Å². The van der Waals surface area contributed by atoms with Crippen molar-refractivity contribution in [2.75, 3.05) is 17.3 Å². The minimum absolute atomic E-state index is 0.216. The Balaban J connectivity index is 2.47. The van der Waals surface area contributed by atoms with Crippen LogP contribution in [0, 0.1) is 5.82 Å². The zero-order chi connectivity index (χ0) is 13.0. The maximum Gasteiger partial charge on any atom is 0.327 e. The van der Waals surface area contributed by atoms with E-state index in [-0.39, 0.29) is 11.7 Å². The third-order valence-electron chi connectivity index (χ3n) is 3.13. The van der Waals surface area contributed by atoms with Gasteiger partial charge < -0.3 is 5.32 Å². The Hall–Kier alpha value is -1.63. The van der Waals surface area contributed by atoms with Crippen LogP contribution < -0.4 is 10.2 Å². The molecule has 0 saturated carbocycles. The average Bonchev–Trinajstić information content (AvgIpc) is 2.67. The highest BCUT2D eigenvalue weighted by molar-refractivity contribution is 9.08. The van der Waals surface area contributed by atoms with Crippen LogP contribution >= 0.6 is 15.9 Å². The molecule has 2 heterocycles. The van der Waals surface area contributed by atoms with E-state index in [2.05, 4.69) is 26.3 Å². The summed E-state index contributed by atoms with van der Waals surface area (Å²) in [4.78, 5) is 13.1. The molecule has 0 fully saturated rings. The standard InChI is InChI=1S/C11H10BrFN4O/c1-16-10-7-6(17(2)15-10)3-5(4-12)8(13)9(7)14-11(16)18/h3H,4H2,1-2H3,(H,14,18). The Kier molecular flexibility index (Phi) is 2.34. The fourth-order valence-electron chi connectivity index (χ4n) is 2.16. The average molecular weight is 313 g/mol. The number of carbonyl (C=O) groups excluding carboxylic acids is 1. The van der Waals surface area contributed by atoms with Crippen LogP contribution in [0.2, 0.25) is 0 Å². The highest BCUT2D eigenvalue weighted by Gasteiger charge is 2.29. The monoisotopic (exact) mass is 312 g/mol. The number of rotatable bonds is 1. The predicted molar refractivity (Wildman–Crippen MR) is 70.7 cm³/mol. The van der Waals surface area contributed by atoms with Crippen LogP contribution in [0.5, 0.6) is 0 Å². The van der Waals surface area contributed by atoms with Crippen LogP contribution in [-0.2, 0) is 12.4 Å². The molecule has 1 N–H and O–H groups in total. The van der Waals surface area contributed by atoms with Gasteiger partial charge in [-0.15, -0.1) is 0 Å². The number of hydrogen-bond donors (Lipinski definition) is 1. The number of halogens is 2. The molecule has 2 amide bonds. The van der Waals surface area contributed by atoms with Gasteiger partial charge in [-0.1, -0.05) is 15.9 Å². The lowest BCUT2D eigenvalue weighted by Crippen LogP contribution is -2.34. The summed E-state index contributed by atoms with van der Waals surface area (Å²) >= 11 is 3.24. The maximum atomic E-state index is 14.2. The largest absolute Gasteiger partial charge is 0.327 e. The zero-order valence-corrected chi connectivity index (χ0v) is 11.4. The van der Waals surface area contributed by atoms with Gasteiger partial charge in [0.2, 0.25) is 0 Å². The van der Waals surface area contributed by atoms with Gasteiger partial charge in [-0.3, -0.25) is 9.58 Å². The Bertz CT molecular complexity index is 681. The number of alkyl halides is 1. The molecule has 18 heavy (non-hydrogen) atoms. The summed E-state index contributed by atoms with van der Waals surface area (Å²) in [5.74, 6) is 0.0707. The molecule has 0 aliphatic carbocycles. The minimum Gasteiger partial charge on any atom is -0.304 e. The second kappa shape index (κ2) is 3.68. The number of anilines is 2. The van der Waals surface area contributed by atoms with Crippen molar-refractivity contribution in [3.8, 4) is 0 Å². The molecule has 0 bridgehead atoms. The summed E-state index contributed by atoms with van der Waals surface area (Å²) in [5.41, 5.74) is 1.51. The molecule has 0 radical (unpaired) electrons. The molecule has 0 saturated heterocycles. The molecule has 5 nitrogen and oxygen atoms in total. The predicted octanol–water partition coefficient (Wildman–Crippen LogP) is 2.59. The van der Waals surface area contributed by atoms with Gasteiger partial charge in [0.25, 0.3) is 0 Å². The Morgan fingerprint density at radius 1 is 1.50 bits per heavy atom. The molecule has 94 valence electrons. The summed E-state index contributed by atoms with van der Waals surface area (Å²) in [6.07, 6.45) is 0. The lowest BCUT2D eigenvalue weighted by molar-refractivity contribution is 0.257. The van der Waals surface area contributed by atoms with E-state index in [9.17, 15) is 9.18 Å². The third kappa shape index (κ3) is 1.30. The van der Waals surface area contributed by atoms with E-state index in [0.29, 0.717) is 22.1 Å². The highest BCUT2D eigenvalue weighted by atomic mass is 79.9. The smallest absolute Gasteiger partial charge is 0.304 e. The molecule has 7 heteroatoms. The van der Waals surface area contributed by atoms with Crippen LogP contribution in [0.15, 0.2) is 6.07 Å². The number of nitrogens with zero attached hydrogens (tertiary/aromatic N) is 3. The van der Waals surface area contributed by atoms with Gasteiger partial charge >= 0.3 is 6.03 Å². The molecule has 1 aliphatic rings. The van der Waals surface area contributed by atoms with E-state index in [1.807, 2.05) is 0 Å². The first-order chi connectivity index (χ1) is 8.54. The normalized spacial score (nSPS) is 14.2. The molecule has 0 atom stereocenters. The highest BCUT2D eigenvalue weighted by Crippen LogP contribution is 2.39. The van der Waals surface area contributed by atoms with E-state index >= 15 is 0 Å². The van der Waals surface area contributed by atoms with Crippen molar-refractivity contribution >= 4 is 44.4 Å². The Morgan fingerprint density at radius 2 is 2.22 bits per heavy atom. The number of hydrogen-bond acceptors (Lipinski definition) is 2. The maximum absolute atomic E-state index is 14.2. The molecule has 3 rings (SSSR count). The second-order valence-corrected chi connectivity index (χ2v) is 4.75. The SMILES string of the molecule is CN1C(=O)Nc2c(F)c(CBr)cc3c2c1nn3C. The van der Waals surface area contributed by atoms with Crippen LogP contribution in [0.4, 0.5) is 20.7 Å².